The average Bonchev–Trinajstić information content (AvgIpc) is 2.82. The number of carbonyl (C=O) groups is 2. The molecule has 0 saturated heterocycles. The average molecular weight is 493 g/mol. The van der Waals surface area contributed by atoms with Gasteiger partial charge in [-0.2, -0.15) is 0 Å². The van der Waals surface area contributed by atoms with Crippen LogP contribution in [0, 0.1) is 0 Å². The van der Waals surface area contributed by atoms with Gasteiger partial charge in [-0.15, -0.1) is 0 Å². The number of nitrogens with zero attached hydrogens (tertiary/aromatic N) is 1. The van der Waals surface area contributed by atoms with Crippen molar-refractivity contribution < 1.29 is 19.1 Å². The second-order valence-electron chi connectivity index (χ2n) is 8.18. The van der Waals surface area contributed by atoms with Gasteiger partial charge >= 0.3 is 0 Å². The molecule has 0 aromatic heterocycles. The first kappa shape index (κ1) is 25.2. The van der Waals surface area contributed by atoms with Crippen molar-refractivity contribution in [1.29, 1.82) is 0 Å². The van der Waals surface area contributed by atoms with Crippen LogP contribution in [0.4, 0.5) is 0 Å². The molecule has 178 valence electrons. The van der Waals surface area contributed by atoms with E-state index in [4.69, 9.17) is 32.7 Å². The normalized spacial score (nSPS) is 14.9. The van der Waals surface area contributed by atoms with Crippen molar-refractivity contribution in [2.75, 3.05) is 13.7 Å². The smallest absolute Gasteiger partial charge is 0.261 e. The fraction of sp³-hybridized carbons (Fsp3) is 0.440. The number of para-hydroxylation sites is 2. The molecule has 0 radical (unpaired) electrons. The quantitative estimate of drug-likeness (QED) is 0.519. The number of halogens is 2. The maximum absolute atomic E-state index is 13.3. The van der Waals surface area contributed by atoms with Gasteiger partial charge in [0.1, 0.15) is 6.04 Å². The van der Waals surface area contributed by atoms with Crippen LogP contribution in [0.1, 0.15) is 44.6 Å². The highest BCUT2D eigenvalue weighted by molar-refractivity contribution is 6.36. The van der Waals surface area contributed by atoms with Crippen LogP contribution >= 0.6 is 23.2 Å². The SMILES string of the molecule is COc1ccccc1OCC(=O)N(Cc1c(Cl)cccc1Cl)[C@H](C)C(=O)NC1CCCCC1. The van der Waals surface area contributed by atoms with Gasteiger partial charge in [-0.3, -0.25) is 9.59 Å². The molecule has 33 heavy (non-hydrogen) atoms. The largest absolute Gasteiger partial charge is 0.493 e. The van der Waals surface area contributed by atoms with E-state index in [0.29, 0.717) is 27.1 Å². The molecule has 1 fully saturated rings. The first-order chi connectivity index (χ1) is 15.9. The van der Waals surface area contributed by atoms with Gasteiger partial charge in [0.25, 0.3) is 5.91 Å². The molecule has 0 unspecified atom stereocenters. The lowest BCUT2D eigenvalue weighted by Crippen LogP contribution is -2.51. The van der Waals surface area contributed by atoms with Crippen molar-refractivity contribution in [2.24, 2.45) is 0 Å². The summed E-state index contributed by atoms with van der Waals surface area (Å²) < 4.78 is 11.0. The van der Waals surface area contributed by atoms with Crippen molar-refractivity contribution in [3.05, 3.63) is 58.1 Å². The maximum atomic E-state index is 13.3. The lowest BCUT2D eigenvalue weighted by Gasteiger charge is -2.31. The van der Waals surface area contributed by atoms with Crippen molar-refractivity contribution in [3.8, 4) is 11.5 Å². The fourth-order valence-electron chi connectivity index (χ4n) is 3.97. The topological polar surface area (TPSA) is 67.9 Å². The van der Waals surface area contributed by atoms with E-state index in [1.54, 1.807) is 43.3 Å². The van der Waals surface area contributed by atoms with Crippen molar-refractivity contribution in [2.45, 2.75) is 57.7 Å². The standard InChI is InChI=1S/C25H30Cl2N2O4/c1-17(25(31)28-18-9-4-3-5-10-18)29(15-19-20(26)11-8-12-21(19)27)24(30)16-33-23-14-7-6-13-22(23)32-2/h6-8,11-14,17-18H,3-5,9-10,15-16H2,1-2H3,(H,28,31)/t17-/m1/s1. The zero-order chi connectivity index (χ0) is 23.8. The highest BCUT2D eigenvalue weighted by Gasteiger charge is 2.29. The van der Waals surface area contributed by atoms with Crippen LogP contribution in [0.25, 0.3) is 0 Å². The fourth-order valence-corrected chi connectivity index (χ4v) is 4.48. The van der Waals surface area contributed by atoms with E-state index in [-0.39, 0.29) is 31.0 Å². The Kier molecular flexibility index (Phi) is 9.27. The van der Waals surface area contributed by atoms with Crippen LogP contribution in [0.3, 0.4) is 0 Å². The minimum Gasteiger partial charge on any atom is -0.493 e. The highest BCUT2D eigenvalue weighted by Crippen LogP contribution is 2.28. The molecule has 6 nitrogen and oxygen atoms in total. The van der Waals surface area contributed by atoms with Crippen LogP contribution in [0.15, 0.2) is 42.5 Å². The number of hydrogen-bond donors (Lipinski definition) is 1. The Labute approximate surface area is 205 Å². The molecule has 2 aromatic carbocycles. The van der Waals surface area contributed by atoms with Crippen molar-refractivity contribution in [3.63, 3.8) is 0 Å². The first-order valence-corrected chi connectivity index (χ1v) is 11.9. The summed E-state index contributed by atoms with van der Waals surface area (Å²) in [6, 6.07) is 11.7. The summed E-state index contributed by atoms with van der Waals surface area (Å²) >= 11 is 12.7. The predicted octanol–water partition coefficient (Wildman–Crippen LogP) is 5.25. The van der Waals surface area contributed by atoms with Gasteiger partial charge in [-0.25, -0.2) is 0 Å². The van der Waals surface area contributed by atoms with E-state index in [0.717, 1.165) is 25.7 Å². The Balaban J connectivity index is 1.77. The number of rotatable bonds is 9. The number of ether oxygens (including phenoxy) is 2. The van der Waals surface area contributed by atoms with Gasteiger partial charge in [-0.05, 0) is 44.0 Å². The molecule has 1 saturated carbocycles. The number of methoxy groups -OCH3 is 1. The Hall–Kier alpha value is -2.44. The molecule has 0 heterocycles. The van der Waals surface area contributed by atoms with Crippen LogP contribution in [-0.2, 0) is 16.1 Å². The van der Waals surface area contributed by atoms with Gasteiger partial charge in [0.2, 0.25) is 5.91 Å². The zero-order valence-corrected chi connectivity index (χ0v) is 20.5. The number of benzene rings is 2. The summed E-state index contributed by atoms with van der Waals surface area (Å²) in [6.45, 7) is 1.54. The molecule has 1 N–H and O–H groups in total. The molecule has 0 spiro atoms. The third kappa shape index (κ3) is 6.78. The molecule has 2 amide bonds. The Morgan fingerprint density at radius 3 is 2.30 bits per heavy atom. The minimum absolute atomic E-state index is 0.0892. The lowest BCUT2D eigenvalue weighted by molar-refractivity contribution is -0.142. The number of amides is 2. The van der Waals surface area contributed by atoms with E-state index in [1.807, 2.05) is 6.07 Å². The van der Waals surface area contributed by atoms with Gasteiger partial charge < -0.3 is 19.7 Å². The van der Waals surface area contributed by atoms with E-state index in [1.165, 1.54) is 18.4 Å². The Bertz CT molecular complexity index is 943. The predicted molar refractivity (Wildman–Crippen MR) is 130 cm³/mol. The first-order valence-electron chi connectivity index (χ1n) is 11.2. The van der Waals surface area contributed by atoms with Gasteiger partial charge in [-0.1, -0.05) is 60.7 Å². The minimum atomic E-state index is -0.729. The third-order valence-corrected chi connectivity index (χ3v) is 6.64. The summed E-state index contributed by atoms with van der Waals surface area (Å²) in [4.78, 5) is 27.8. The van der Waals surface area contributed by atoms with Crippen LogP contribution in [-0.4, -0.2) is 42.5 Å². The van der Waals surface area contributed by atoms with Crippen molar-refractivity contribution >= 4 is 35.0 Å². The molecular weight excluding hydrogens is 463 g/mol. The van der Waals surface area contributed by atoms with Gasteiger partial charge in [0.05, 0.1) is 7.11 Å². The molecule has 0 aliphatic heterocycles. The summed E-state index contributed by atoms with van der Waals surface area (Å²) in [6.07, 6.45) is 5.31. The van der Waals surface area contributed by atoms with E-state index in [2.05, 4.69) is 5.32 Å². The number of nitrogens with one attached hydrogen (secondary N) is 1. The Morgan fingerprint density at radius 2 is 1.67 bits per heavy atom. The summed E-state index contributed by atoms with van der Waals surface area (Å²) in [5.41, 5.74) is 0.587. The molecule has 2 aromatic rings. The van der Waals surface area contributed by atoms with Gasteiger partial charge in [0.15, 0.2) is 18.1 Å². The van der Waals surface area contributed by atoms with Crippen LogP contribution < -0.4 is 14.8 Å². The zero-order valence-electron chi connectivity index (χ0n) is 19.0. The second-order valence-corrected chi connectivity index (χ2v) is 9.00. The molecule has 1 aliphatic rings. The highest BCUT2D eigenvalue weighted by atomic mass is 35.5. The van der Waals surface area contributed by atoms with E-state index < -0.39 is 6.04 Å². The monoisotopic (exact) mass is 492 g/mol. The molecule has 0 bridgehead atoms. The Morgan fingerprint density at radius 1 is 1.03 bits per heavy atom. The lowest BCUT2D eigenvalue weighted by atomic mass is 9.95. The summed E-state index contributed by atoms with van der Waals surface area (Å²) in [7, 11) is 1.54. The van der Waals surface area contributed by atoms with E-state index in [9.17, 15) is 9.59 Å². The second kappa shape index (κ2) is 12.1. The molecular formula is C25H30Cl2N2O4. The van der Waals surface area contributed by atoms with Gasteiger partial charge in [0, 0.05) is 28.2 Å². The number of carbonyl (C=O) groups excluding carboxylic acids is 2. The molecule has 1 atom stereocenters. The van der Waals surface area contributed by atoms with Crippen molar-refractivity contribution in [1.82, 2.24) is 10.2 Å². The molecule has 3 rings (SSSR count). The summed E-state index contributed by atoms with van der Waals surface area (Å²) in [5.74, 6) is 0.413. The molecule has 1 aliphatic carbocycles. The van der Waals surface area contributed by atoms with Crippen LogP contribution in [0.2, 0.25) is 10.0 Å². The number of hydrogen-bond acceptors (Lipinski definition) is 4. The molecule has 8 heteroatoms. The third-order valence-electron chi connectivity index (χ3n) is 5.93. The summed E-state index contributed by atoms with van der Waals surface area (Å²) in [5, 5.41) is 3.97. The maximum Gasteiger partial charge on any atom is 0.261 e. The van der Waals surface area contributed by atoms with E-state index >= 15 is 0 Å². The van der Waals surface area contributed by atoms with Crippen LogP contribution in [0.5, 0.6) is 11.5 Å².